The topological polar surface area (TPSA) is 74.8 Å². The molecule has 2 aromatic carbocycles. The fraction of sp³-hybridized carbons (Fsp3) is 0.280. The lowest BCUT2D eigenvalue weighted by atomic mass is 9.78. The van der Waals surface area contributed by atoms with Crippen LogP contribution in [-0.4, -0.2) is 40.1 Å². The third-order valence-corrected chi connectivity index (χ3v) is 6.70. The van der Waals surface area contributed by atoms with Gasteiger partial charge in [0, 0.05) is 10.6 Å². The Morgan fingerprint density at radius 1 is 1.06 bits per heavy atom. The molecular formula is C25H22Cl2N2O4. The number of nitrogens with zero attached hydrogens (tertiary/aromatic N) is 2. The molecule has 3 amide bonds. The first-order valence-corrected chi connectivity index (χ1v) is 11.4. The lowest BCUT2D eigenvalue weighted by molar-refractivity contribution is -0.154. The SMILES string of the molecule is Cc1ccc(C(=O)CN(C(=O)c2ccc(Cl)cc2Cl)N2C(=O)[C@H]3[C@@H](C)C=CC[C@H]3C2=O)cc1. The molecule has 2 aliphatic rings. The number of Topliss-reactive ketones (excluding diaryl/α,β-unsaturated/α-hetero) is 1. The number of hydrogen-bond acceptors (Lipinski definition) is 4. The number of carbonyl (C=O) groups excluding carboxylic acids is 4. The van der Waals surface area contributed by atoms with Crippen LogP contribution in [0, 0.1) is 24.7 Å². The van der Waals surface area contributed by atoms with Gasteiger partial charge in [-0.3, -0.25) is 19.2 Å². The molecule has 0 unspecified atom stereocenters. The minimum absolute atomic E-state index is 0.0411. The number of halogens is 2. The molecule has 0 bridgehead atoms. The van der Waals surface area contributed by atoms with Crippen LogP contribution in [-0.2, 0) is 9.59 Å². The van der Waals surface area contributed by atoms with E-state index in [4.69, 9.17) is 23.2 Å². The molecule has 1 aliphatic heterocycles. The van der Waals surface area contributed by atoms with Crippen LogP contribution in [0.1, 0.15) is 39.6 Å². The first kappa shape index (κ1) is 23.2. The molecule has 0 spiro atoms. The molecule has 33 heavy (non-hydrogen) atoms. The van der Waals surface area contributed by atoms with E-state index in [-0.39, 0.29) is 16.5 Å². The van der Waals surface area contributed by atoms with Gasteiger partial charge < -0.3 is 0 Å². The normalized spacial score (nSPS) is 21.8. The maximum Gasteiger partial charge on any atom is 0.274 e. The lowest BCUT2D eigenvalue weighted by Crippen LogP contribution is -2.52. The minimum Gasteiger partial charge on any atom is -0.292 e. The number of carbonyl (C=O) groups is 4. The minimum atomic E-state index is -0.724. The highest BCUT2D eigenvalue weighted by Crippen LogP contribution is 2.39. The summed E-state index contributed by atoms with van der Waals surface area (Å²) in [6.07, 6.45) is 4.18. The Balaban J connectivity index is 1.73. The summed E-state index contributed by atoms with van der Waals surface area (Å²) >= 11 is 12.2. The van der Waals surface area contributed by atoms with Gasteiger partial charge in [0.05, 0.1) is 22.4 Å². The largest absolute Gasteiger partial charge is 0.292 e. The summed E-state index contributed by atoms with van der Waals surface area (Å²) in [6.45, 7) is 3.27. The van der Waals surface area contributed by atoms with Gasteiger partial charge in [0.25, 0.3) is 17.7 Å². The number of allylic oxidation sites excluding steroid dienone is 2. The highest BCUT2D eigenvalue weighted by atomic mass is 35.5. The van der Waals surface area contributed by atoms with Crippen LogP contribution in [0.3, 0.4) is 0 Å². The van der Waals surface area contributed by atoms with E-state index in [0.717, 1.165) is 15.6 Å². The van der Waals surface area contributed by atoms with Gasteiger partial charge in [0.2, 0.25) is 0 Å². The van der Waals surface area contributed by atoms with Crippen molar-refractivity contribution in [2.24, 2.45) is 17.8 Å². The van der Waals surface area contributed by atoms with E-state index in [9.17, 15) is 19.2 Å². The average Bonchev–Trinajstić information content (AvgIpc) is 3.03. The van der Waals surface area contributed by atoms with Crippen LogP contribution in [0.15, 0.2) is 54.6 Å². The molecule has 0 radical (unpaired) electrons. The number of amides is 3. The van der Waals surface area contributed by atoms with Gasteiger partial charge in [-0.2, -0.15) is 5.01 Å². The van der Waals surface area contributed by atoms with Crippen molar-refractivity contribution in [1.29, 1.82) is 0 Å². The first-order chi connectivity index (χ1) is 15.7. The standard InChI is InChI=1S/C25H22Cl2N2O4/c1-14-6-8-16(9-7-14)21(30)13-28(23(31)18-11-10-17(26)12-20(18)27)29-24(32)19-5-3-4-15(2)22(19)25(29)33/h3-4,6-12,15,19,22H,5,13H2,1-2H3/t15-,19+,22-/m0/s1. The number of rotatable bonds is 5. The predicted octanol–water partition coefficient (Wildman–Crippen LogP) is 4.74. The zero-order valence-corrected chi connectivity index (χ0v) is 19.6. The van der Waals surface area contributed by atoms with Crippen molar-refractivity contribution >= 4 is 46.7 Å². The zero-order chi connectivity index (χ0) is 23.9. The molecule has 170 valence electrons. The third kappa shape index (κ3) is 4.33. The Labute approximate surface area is 201 Å². The van der Waals surface area contributed by atoms with Gasteiger partial charge in [0.15, 0.2) is 5.78 Å². The molecule has 3 atom stereocenters. The lowest BCUT2D eigenvalue weighted by Gasteiger charge is -2.30. The van der Waals surface area contributed by atoms with Crippen molar-refractivity contribution in [2.75, 3.05) is 6.54 Å². The molecule has 1 saturated heterocycles. The number of aryl methyl sites for hydroxylation is 1. The van der Waals surface area contributed by atoms with E-state index >= 15 is 0 Å². The third-order valence-electron chi connectivity index (χ3n) is 6.15. The van der Waals surface area contributed by atoms with Crippen molar-refractivity contribution in [2.45, 2.75) is 20.3 Å². The number of hydrogen-bond donors (Lipinski definition) is 0. The van der Waals surface area contributed by atoms with E-state index in [2.05, 4.69) is 0 Å². The molecule has 8 heteroatoms. The molecule has 0 aromatic heterocycles. The van der Waals surface area contributed by atoms with Crippen molar-refractivity contribution in [3.05, 3.63) is 81.4 Å². The Kier molecular flexibility index (Phi) is 6.41. The molecule has 2 aromatic rings. The average molecular weight is 485 g/mol. The number of imide groups is 1. The van der Waals surface area contributed by atoms with Crippen LogP contribution in [0.2, 0.25) is 10.0 Å². The zero-order valence-electron chi connectivity index (χ0n) is 18.1. The molecule has 1 heterocycles. The van der Waals surface area contributed by atoms with Gasteiger partial charge in [-0.15, -0.1) is 0 Å². The van der Waals surface area contributed by atoms with Gasteiger partial charge in [-0.1, -0.05) is 72.1 Å². The number of benzene rings is 2. The van der Waals surface area contributed by atoms with E-state index in [1.807, 2.05) is 26.0 Å². The Bertz CT molecular complexity index is 1180. The summed E-state index contributed by atoms with van der Waals surface area (Å²) < 4.78 is 0. The predicted molar refractivity (Wildman–Crippen MR) is 125 cm³/mol. The highest BCUT2D eigenvalue weighted by molar-refractivity contribution is 6.36. The highest BCUT2D eigenvalue weighted by Gasteiger charge is 2.53. The maximum atomic E-state index is 13.5. The van der Waals surface area contributed by atoms with Crippen LogP contribution in [0.25, 0.3) is 0 Å². The van der Waals surface area contributed by atoms with Gasteiger partial charge in [-0.05, 0) is 37.5 Å². The van der Waals surface area contributed by atoms with Crippen molar-refractivity contribution in [3.63, 3.8) is 0 Å². The number of fused-ring (bicyclic) bond motifs is 1. The Morgan fingerprint density at radius 2 is 1.76 bits per heavy atom. The quantitative estimate of drug-likeness (QED) is 0.349. The van der Waals surface area contributed by atoms with E-state index in [1.165, 1.54) is 18.2 Å². The van der Waals surface area contributed by atoms with Crippen molar-refractivity contribution in [1.82, 2.24) is 10.0 Å². The summed E-state index contributed by atoms with van der Waals surface area (Å²) in [6, 6.07) is 11.2. The summed E-state index contributed by atoms with van der Waals surface area (Å²) in [5.41, 5.74) is 1.38. The summed E-state index contributed by atoms with van der Waals surface area (Å²) in [4.78, 5) is 53.3. The van der Waals surface area contributed by atoms with E-state index in [0.29, 0.717) is 17.0 Å². The van der Waals surface area contributed by atoms with E-state index < -0.39 is 41.9 Å². The first-order valence-electron chi connectivity index (χ1n) is 10.6. The molecule has 1 fully saturated rings. The van der Waals surface area contributed by atoms with Crippen molar-refractivity contribution in [3.8, 4) is 0 Å². The second-order valence-corrected chi connectivity index (χ2v) is 9.26. The monoisotopic (exact) mass is 484 g/mol. The van der Waals surface area contributed by atoms with E-state index in [1.54, 1.807) is 24.3 Å². The van der Waals surface area contributed by atoms with Crippen molar-refractivity contribution < 1.29 is 19.2 Å². The Morgan fingerprint density at radius 3 is 2.39 bits per heavy atom. The number of hydrazine groups is 1. The maximum absolute atomic E-state index is 13.5. The second-order valence-electron chi connectivity index (χ2n) is 8.42. The fourth-order valence-electron chi connectivity index (χ4n) is 4.37. The molecule has 0 N–H and O–H groups in total. The molecule has 1 aliphatic carbocycles. The van der Waals surface area contributed by atoms with Gasteiger partial charge in [-0.25, -0.2) is 5.01 Å². The second kappa shape index (κ2) is 9.12. The fourth-order valence-corrected chi connectivity index (χ4v) is 4.86. The van der Waals surface area contributed by atoms with Gasteiger partial charge >= 0.3 is 0 Å². The van der Waals surface area contributed by atoms with Crippen LogP contribution in [0.4, 0.5) is 0 Å². The summed E-state index contributed by atoms with van der Waals surface area (Å²) in [5, 5.41) is 2.16. The smallest absolute Gasteiger partial charge is 0.274 e. The molecule has 4 rings (SSSR count). The Hall–Kier alpha value is -2.96. The van der Waals surface area contributed by atoms with Crippen LogP contribution in [0.5, 0.6) is 0 Å². The molecule has 0 saturated carbocycles. The van der Waals surface area contributed by atoms with Crippen LogP contribution < -0.4 is 0 Å². The number of ketones is 1. The van der Waals surface area contributed by atoms with Gasteiger partial charge in [0.1, 0.15) is 6.54 Å². The van der Waals surface area contributed by atoms with Crippen LogP contribution >= 0.6 is 23.2 Å². The summed E-state index contributed by atoms with van der Waals surface area (Å²) in [7, 11) is 0. The summed E-state index contributed by atoms with van der Waals surface area (Å²) in [5.74, 6) is -3.41. The molecule has 6 nitrogen and oxygen atoms in total. The molecular weight excluding hydrogens is 463 g/mol.